The number of fused-ring (bicyclic) bond motifs is 1. The summed E-state index contributed by atoms with van der Waals surface area (Å²) in [5.41, 5.74) is 7.79. The van der Waals surface area contributed by atoms with Crippen molar-refractivity contribution in [3.63, 3.8) is 0 Å². The van der Waals surface area contributed by atoms with Gasteiger partial charge in [0.1, 0.15) is 0 Å². The Labute approximate surface area is 81.8 Å². The number of carbonyl (C=O) groups excluding carboxylic acids is 1. The summed E-state index contributed by atoms with van der Waals surface area (Å²) in [5, 5.41) is 2.39. The van der Waals surface area contributed by atoms with E-state index in [0.29, 0.717) is 5.95 Å². The van der Waals surface area contributed by atoms with E-state index in [0.717, 1.165) is 16.6 Å². The monoisotopic (exact) mass is 192 g/mol. The minimum Gasteiger partial charge on any atom is -0.351 e. The Morgan fingerprint density at radius 3 is 3.14 bits per heavy atom. The highest BCUT2D eigenvalue weighted by Crippen LogP contribution is 2.15. The van der Waals surface area contributed by atoms with Gasteiger partial charge < -0.3 is 10.7 Å². The standard InChI is InChI=1S/C9H10N4O.H2/c1-5-2-3-6-7(4-5)12-9(11-6)13-8(10)14;/h2-4H,1H3,(H4,10,11,12,13,14);1H. The molecule has 14 heavy (non-hydrogen) atoms. The van der Waals surface area contributed by atoms with E-state index in [4.69, 9.17) is 5.73 Å². The molecule has 0 radical (unpaired) electrons. The number of aromatic nitrogens is 2. The van der Waals surface area contributed by atoms with Crippen molar-refractivity contribution in [1.29, 1.82) is 0 Å². The molecule has 0 unspecified atom stereocenters. The van der Waals surface area contributed by atoms with Gasteiger partial charge in [-0.1, -0.05) is 6.07 Å². The van der Waals surface area contributed by atoms with Crippen LogP contribution in [0.1, 0.15) is 6.99 Å². The van der Waals surface area contributed by atoms with Gasteiger partial charge in [0.25, 0.3) is 0 Å². The van der Waals surface area contributed by atoms with E-state index in [1.807, 2.05) is 25.1 Å². The van der Waals surface area contributed by atoms with Crippen LogP contribution in [0.3, 0.4) is 0 Å². The molecule has 2 aromatic rings. The van der Waals surface area contributed by atoms with Gasteiger partial charge in [0.15, 0.2) is 0 Å². The molecule has 0 aliphatic heterocycles. The Morgan fingerprint density at radius 1 is 1.64 bits per heavy atom. The number of nitrogens with two attached hydrogens (primary N) is 1. The summed E-state index contributed by atoms with van der Waals surface area (Å²) in [7, 11) is 0. The maximum absolute atomic E-state index is 10.6. The molecular formula is C9H12N4O. The van der Waals surface area contributed by atoms with E-state index in [9.17, 15) is 4.79 Å². The molecule has 0 aliphatic rings. The molecule has 5 heteroatoms. The van der Waals surface area contributed by atoms with E-state index in [1.165, 1.54) is 0 Å². The van der Waals surface area contributed by atoms with Crippen molar-refractivity contribution in [1.82, 2.24) is 9.97 Å². The number of H-pyrrole nitrogens is 1. The fourth-order valence-electron chi connectivity index (χ4n) is 1.30. The first-order chi connectivity index (χ1) is 6.65. The van der Waals surface area contributed by atoms with E-state index >= 15 is 0 Å². The fraction of sp³-hybridized carbons (Fsp3) is 0.111. The van der Waals surface area contributed by atoms with Crippen molar-refractivity contribution in [3.8, 4) is 0 Å². The van der Waals surface area contributed by atoms with Crippen LogP contribution >= 0.6 is 0 Å². The maximum atomic E-state index is 10.6. The van der Waals surface area contributed by atoms with Gasteiger partial charge in [-0.25, -0.2) is 9.78 Å². The largest absolute Gasteiger partial charge is 0.351 e. The Bertz CT molecular complexity index is 494. The molecule has 5 nitrogen and oxygen atoms in total. The predicted molar refractivity (Wildman–Crippen MR) is 56.2 cm³/mol. The highest BCUT2D eigenvalue weighted by atomic mass is 16.2. The SMILES string of the molecule is Cc1ccc2nc(NC(N)=O)[nH]c2c1.[HH]. The van der Waals surface area contributed by atoms with Crippen LogP contribution in [0, 0.1) is 6.92 Å². The third-order valence-corrected chi connectivity index (χ3v) is 1.88. The summed E-state index contributed by atoms with van der Waals surface area (Å²) < 4.78 is 0. The van der Waals surface area contributed by atoms with Crippen LogP contribution in [0.25, 0.3) is 11.0 Å². The number of carbonyl (C=O) groups is 1. The molecule has 0 saturated carbocycles. The lowest BCUT2D eigenvalue weighted by molar-refractivity contribution is 0.259. The van der Waals surface area contributed by atoms with Gasteiger partial charge in [0.05, 0.1) is 11.0 Å². The van der Waals surface area contributed by atoms with Crippen LogP contribution < -0.4 is 11.1 Å². The number of aryl methyl sites for hydroxylation is 1. The minimum atomic E-state index is -0.624. The lowest BCUT2D eigenvalue weighted by Gasteiger charge is -1.92. The number of anilines is 1. The molecule has 0 fully saturated rings. The normalized spacial score (nSPS) is 10.4. The first-order valence-electron chi connectivity index (χ1n) is 4.18. The topological polar surface area (TPSA) is 83.8 Å². The summed E-state index contributed by atoms with van der Waals surface area (Å²) >= 11 is 0. The molecule has 1 heterocycles. The Balaban J connectivity index is 0.00000112. The van der Waals surface area contributed by atoms with Crippen LogP contribution in [-0.4, -0.2) is 16.0 Å². The number of hydrogen-bond acceptors (Lipinski definition) is 2. The van der Waals surface area contributed by atoms with Crippen molar-refractivity contribution in [3.05, 3.63) is 23.8 Å². The number of amides is 2. The molecule has 1 aromatic heterocycles. The summed E-state index contributed by atoms with van der Waals surface area (Å²) in [6, 6.07) is 5.17. The van der Waals surface area contributed by atoms with Crippen LogP contribution in [0.2, 0.25) is 0 Å². The smallest absolute Gasteiger partial charge is 0.318 e. The first kappa shape index (κ1) is 8.55. The summed E-state index contributed by atoms with van der Waals surface area (Å²) in [6.07, 6.45) is 0. The second kappa shape index (κ2) is 3.02. The predicted octanol–water partition coefficient (Wildman–Crippen LogP) is 1.61. The molecule has 2 amide bonds. The molecule has 0 aliphatic carbocycles. The maximum Gasteiger partial charge on any atom is 0.318 e. The molecule has 0 atom stereocenters. The molecule has 1 aromatic carbocycles. The van der Waals surface area contributed by atoms with E-state index in [1.54, 1.807) is 0 Å². The van der Waals surface area contributed by atoms with Crippen molar-refractivity contribution in [2.24, 2.45) is 5.73 Å². The average molecular weight is 192 g/mol. The highest BCUT2D eigenvalue weighted by Gasteiger charge is 2.03. The lowest BCUT2D eigenvalue weighted by Crippen LogP contribution is -2.19. The zero-order valence-corrected chi connectivity index (χ0v) is 7.66. The minimum absolute atomic E-state index is 0. The number of hydrogen-bond donors (Lipinski definition) is 3. The number of imidazole rings is 1. The van der Waals surface area contributed by atoms with Crippen LogP contribution in [0.5, 0.6) is 0 Å². The summed E-state index contributed by atoms with van der Waals surface area (Å²) in [6.45, 7) is 1.99. The summed E-state index contributed by atoms with van der Waals surface area (Å²) in [4.78, 5) is 17.6. The molecule has 74 valence electrons. The van der Waals surface area contributed by atoms with Crippen molar-refractivity contribution < 1.29 is 6.22 Å². The van der Waals surface area contributed by atoms with Gasteiger partial charge >= 0.3 is 6.03 Å². The molecule has 4 N–H and O–H groups in total. The van der Waals surface area contributed by atoms with Gasteiger partial charge in [-0.05, 0) is 24.6 Å². The molecule has 0 bridgehead atoms. The number of nitrogens with zero attached hydrogens (tertiary/aromatic N) is 1. The van der Waals surface area contributed by atoms with E-state index in [2.05, 4.69) is 15.3 Å². The summed E-state index contributed by atoms with van der Waals surface area (Å²) in [5.74, 6) is 0.373. The average Bonchev–Trinajstić information content (AvgIpc) is 2.44. The van der Waals surface area contributed by atoms with E-state index < -0.39 is 6.03 Å². The Kier molecular flexibility index (Phi) is 1.85. The van der Waals surface area contributed by atoms with Gasteiger partial charge in [-0.3, -0.25) is 5.32 Å². The highest BCUT2D eigenvalue weighted by molar-refractivity contribution is 5.88. The van der Waals surface area contributed by atoms with Crippen LogP contribution in [0.4, 0.5) is 10.7 Å². The van der Waals surface area contributed by atoms with Gasteiger partial charge in [-0.2, -0.15) is 0 Å². The third kappa shape index (κ3) is 1.52. The van der Waals surface area contributed by atoms with Gasteiger partial charge in [0.2, 0.25) is 5.95 Å². The zero-order valence-electron chi connectivity index (χ0n) is 7.66. The number of urea groups is 1. The lowest BCUT2D eigenvalue weighted by atomic mass is 10.2. The van der Waals surface area contributed by atoms with Crippen LogP contribution in [-0.2, 0) is 0 Å². The number of nitrogens with one attached hydrogen (secondary N) is 2. The molecule has 0 saturated heterocycles. The Morgan fingerprint density at radius 2 is 2.43 bits per heavy atom. The second-order valence-electron chi connectivity index (χ2n) is 3.10. The van der Waals surface area contributed by atoms with Crippen molar-refractivity contribution in [2.45, 2.75) is 6.92 Å². The quantitative estimate of drug-likeness (QED) is 0.641. The third-order valence-electron chi connectivity index (χ3n) is 1.88. The fourth-order valence-corrected chi connectivity index (χ4v) is 1.30. The second-order valence-corrected chi connectivity index (χ2v) is 3.10. The van der Waals surface area contributed by atoms with Crippen LogP contribution in [0.15, 0.2) is 18.2 Å². The van der Waals surface area contributed by atoms with Crippen molar-refractivity contribution >= 4 is 23.0 Å². The number of aromatic amines is 1. The number of rotatable bonds is 1. The zero-order chi connectivity index (χ0) is 10.1. The number of benzene rings is 1. The van der Waals surface area contributed by atoms with E-state index in [-0.39, 0.29) is 1.43 Å². The first-order valence-corrected chi connectivity index (χ1v) is 4.18. The van der Waals surface area contributed by atoms with Gasteiger partial charge in [0, 0.05) is 1.43 Å². The van der Waals surface area contributed by atoms with Gasteiger partial charge in [-0.15, -0.1) is 0 Å². The molecule has 0 spiro atoms. The van der Waals surface area contributed by atoms with Crippen molar-refractivity contribution in [2.75, 3.05) is 5.32 Å². The number of primary amides is 1. The molecular weight excluding hydrogens is 180 g/mol. The Hall–Kier alpha value is -2.04. The molecule has 2 rings (SSSR count).